The predicted octanol–water partition coefficient (Wildman–Crippen LogP) is 2.41. The molecule has 0 aromatic rings. The van der Waals surface area contributed by atoms with Crippen LogP contribution in [0.25, 0.3) is 0 Å². The molecule has 2 rings (SSSR count). The number of guanidine groups is 1. The van der Waals surface area contributed by atoms with E-state index in [1.165, 1.54) is 65.0 Å². The Bertz CT molecular complexity index is 442. The molecule has 2 N–H and O–H groups in total. The van der Waals surface area contributed by atoms with Gasteiger partial charge in [0, 0.05) is 66.1 Å². The van der Waals surface area contributed by atoms with Gasteiger partial charge in [0.25, 0.3) is 0 Å². The number of nitrogens with zero attached hydrogens (tertiary/aromatic N) is 3. The number of nitrogens with one attached hydrogen (secondary N) is 2. The summed E-state index contributed by atoms with van der Waals surface area (Å²) in [5, 5.41) is 7.17. The Balaban J connectivity index is 1.68. The van der Waals surface area contributed by atoms with Crippen LogP contribution in [0.4, 0.5) is 0 Å². The molecule has 2 aliphatic rings. The van der Waals surface area contributed by atoms with Gasteiger partial charge >= 0.3 is 0 Å². The number of rotatable bonds is 11. The molecule has 0 aromatic carbocycles. The Kier molecular flexibility index (Phi) is 10.6. The molecule has 6 heteroatoms. The minimum atomic E-state index is 0.386. The number of likely N-dealkylation sites (N-methyl/N-ethyl adjacent to an activating group) is 1. The van der Waals surface area contributed by atoms with E-state index in [-0.39, 0.29) is 0 Å². The Labute approximate surface area is 173 Å². The molecule has 0 aromatic heterocycles. The maximum Gasteiger partial charge on any atom is 0.191 e. The highest BCUT2D eigenvalue weighted by Gasteiger charge is 2.33. The summed E-state index contributed by atoms with van der Waals surface area (Å²) in [4.78, 5) is 9.60. The summed E-state index contributed by atoms with van der Waals surface area (Å²) >= 11 is 0. The van der Waals surface area contributed by atoms with Crippen LogP contribution in [0.2, 0.25) is 0 Å². The van der Waals surface area contributed by atoms with E-state index in [4.69, 9.17) is 4.74 Å². The zero-order valence-corrected chi connectivity index (χ0v) is 18.9. The largest absolute Gasteiger partial charge is 0.382 e. The van der Waals surface area contributed by atoms with E-state index in [1.54, 1.807) is 0 Å². The molecule has 28 heavy (non-hydrogen) atoms. The monoisotopic (exact) mass is 395 g/mol. The molecule has 164 valence electrons. The van der Waals surface area contributed by atoms with Crippen molar-refractivity contribution < 1.29 is 4.74 Å². The van der Waals surface area contributed by atoms with Gasteiger partial charge in [0.2, 0.25) is 0 Å². The zero-order valence-electron chi connectivity index (χ0n) is 18.9. The van der Waals surface area contributed by atoms with Gasteiger partial charge in [-0.05, 0) is 44.1 Å². The molecule has 1 aliphatic heterocycles. The summed E-state index contributed by atoms with van der Waals surface area (Å²) in [7, 11) is 1.88. The van der Waals surface area contributed by atoms with Crippen LogP contribution in [0.1, 0.15) is 52.9 Å². The van der Waals surface area contributed by atoms with Crippen molar-refractivity contribution in [2.45, 2.75) is 52.9 Å². The summed E-state index contributed by atoms with van der Waals surface area (Å²) in [5.74, 6) is 1.57. The predicted molar refractivity (Wildman–Crippen MR) is 119 cm³/mol. The van der Waals surface area contributed by atoms with Crippen molar-refractivity contribution in [2.24, 2.45) is 16.3 Å². The van der Waals surface area contributed by atoms with Crippen molar-refractivity contribution in [3.8, 4) is 0 Å². The van der Waals surface area contributed by atoms with E-state index < -0.39 is 0 Å². The van der Waals surface area contributed by atoms with E-state index >= 15 is 0 Å². The van der Waals surface area contributed by atoms with Crippen molar-refractivity contribution in [3.05, 3.63) is 0 Å². The SMILES string of the molecule is CCOCCC1(CNC(=NC)NCC(C)CN2CCN(CC)CC2)CCCC1. The van der Waals surface area contributed by atoms with Crippen LogP contribution in [-0.4, -0.2) is 88.4 Å². The average molecular weight is 396 g/mol. The fourth-order valence-electron chi connectivity index (χ4n) is 4.63. The van der Waals surface area contributed by atoms with Crippen LogP contribution in [0.15, 0.2) is 4.99 Å². The molecule has 1 heterocycles. The van der Waals surface area contributed by atoms with Crippen molar-refractivity contribution in [2.75, 3.05) is 72.6 Å². The lowest BCUT2D eigenvalue weighted by Crippen LogP contribution is -2.49. The number of ether oxygens (including phenoxy) is 1. The fraction of sp³-hybridized carbons (Fsp3) is 0.955. The second kappa shape index (κ2) is 12.7. The number of piperazine rings is 1. The van der Waals surface area contributed by atoms with E-state index in [1.807, 2.05) is 7.05 Å². The van der Waals surface area contributed by atoms with Gasteiger partial charge in [-0.3, -0.25) is 4.99 Å². The number of hydrogen-bond donors (Lipinski definition) is 2. The molecule has 0 amide bonds. The van der Waals surface area contributed by atoms with Crippen molar-refractivity contribution >= 4 is 5.96 Å². The Morgan fingerprint density at radius 1 is 1.07 bits per heavy atom. The van der Waals surface area contributed by atoms with E-state index in [0.717, 1.165) is 38.7 Å². The molecular weight excluding hydrogens is 350 g/mol. The van der Waals surface area contributed by atoms with Crippen molar-refractivity contribution in [3.63, 3.8) is 0 Å². The summed E-state index contributed by atoms with van der Waals surface area (Å²) in [5.41, 5.74) is 0.386. The molecule has 0 radical (unpaired) electrons. The molecule has 1 atom stereocenters. The zero-order chi connectivity index (χ0) is 20.2. The lowest BCUT2D eigenvalue weighted by molar-refractivity contribution is 0.105. The number of aliphatic imine (C=N–C) groups is 1. The van der Waals surface area contributed by atoms with Crippen LogP contribution in [0.5, 0.6) is 0 Å². The van der Waals surface area contributed by atoms with Crippen molar-refractivity contribution in [1.82, 2.24) is 20.4 Å². The van der Waals surface area contributed by atoms with Crippen LogP contribution < -0.4 is 10.6 Å². The third-order valence-electron chi connectivity index (χ3n) is 6.60. The summed E-state index contributed by atoms with van der Waals surface area (Å²) in [6.07, 6.45) is 6.48. The third kappa shape index (κ3) is 7.88. The number of hydrogen-bond acceptors (Lipinski definition) is 4. The van der Waals surface area contributed by atoms with Crippen LogP contribution in [-0.2, 0) is 4.74 Å². The molecule has 1 aliphatic carbocycles. The molecule has 0 spiro atoms. The van der Waals surface area contributed by atoms with Gasteiger partial charge in [0.15, 0.2) is 5.96 Å². The van der Waals surface area contributed by atoms with Gasteiger partial charge in [-0.25, -0.2) is 0 Å². The maximum absolute atomic E-state index is 5.64. The lowest BCUT2D eigenvalue weighted by Gasteiger charge is -2.35. The molecule has 2 fully saturated rings. The summed E-state index contributed by atoms with van der Waals surface area (Å²) in [6, 6.07) is 0. The standard InChI is InChI=1S/C22H45N5O/c1-5-26-12-14-27(15-13-26)18-20(3)17-24-21(23-4)25-19-22(9-7-8-10-22)11-16-28-6-2/h20H,5-19H2,1-4H3,(H2,23,24,25). The first kappa shape index (κ1) is 23.4. The first-order chi connectivity index (χ1) is 13.6. The van der Waals surface area contributed by atoms with Crippen LogP contribution in [0, 0.1) is 11.3 Å². The molecular formula is C22H45N5O. The van der Waals surface area contributed by atoms with Gasteiger partial charge in [-0.1, -0.05) is 26.7 Å². The van der Waals surface area contributed by atoms with Gasteiger partial charge in [-0.15, -0.1) is 0 Å². The van der Waals surface area contributed by atoms with Gasteiger partial charge < -0.3 is 25.2 Å². The van der Waals surface area contributed by atoms with Crippen molar-refractivity contribution in [1.29, 1.82) is 0 Å². The van der Waals surface area contributed by atoms with E-state index in [2.05, 4.69) is 46.2 Å². The van der Waals surface area contributed by atoms with Gasteiger partial charge in [0.05, 0.1) is 0 Å². The fourth-order valence-corrected chi connectivity index (χ4v) is 4.63. The topological polar surface area (TPSA) is 52.1 Å². The Hall–Kier alpha value is -0.850. The van der Waals surface area contributed by atoms with E-state index in [9.17, 15) is 0 Å². The minimum Gasteiger partial charge on any atom is -0.382 e. The normalized spacial score (nSPS) is 22.4. The van der Waals surface area contributed by atoms with Gasteiger partial charge in [0.1, 0.15) is 0 Å². The molecule has 1 unspecified atom stereocenters. The second-order valence-electron chi connectivity index (χ2n) is 8.80. The van der Waals surface area contributed by atoms with Crippen LogP contribution in [0.3, 0.4) is 0 Å². The summed E-state index contributed by atoms with van der Waals surface area (Å²) in [6.45, 7) is 17.5. The lowest BCUT2D eigenvalue weighted by atomic mass is 9.83. The van der Waals surface area contributed by atoms with Crippen LogP contribution >= 0.6 is 0 Å². The molecule has 0 bridgehead atoms. The molecule has 6 nitrogen and oxygen atoms in total. The first-order valence-corrected chi connectivity index (χ1v) is 11.6. The highest BCUT2D eigenvalue weighted by atomic mass is 16.5. The highest BCUT2D eigenvalue weighted by molar-refractivity contribution is 5.79. The Morgan fingerprint density at radius 2 is 1.75 bits per heavy atom. The first-order valence-electron chi connectivity index (χ1n) is 11.6. The smallest absolute Gasteiger partial charge is 0.191 e. The average Bonchev–Trinajstić information content (AvgIpc) is 3.18. The van der Waals surface area contributed by atoms with E-state index in [0.29, 0.717) is 11.3 Å². The minimum absolute atomic E-state index is 0.386. The molecule has 1 saturated heterocycles. The Morgan fingerprint density at radius 3 is 2.36 bits per heavy atom. The highest BCUT2D eigenvalue weighted by Crippen LogP contribution is 2.40. The summed E-state index contributed by atoms with van der Waals surface area (Å²) < 4.78 is 5.64. The second-order valence-corrected chi connectivity index (χ2v) is 8.80. The third-order valence-corrected chi connectivity index (χ3v) is 6.60. The molecule has 1 saturated carbocycles. The van der Waals surface area contributed by atoms with Gasteiger partial charge in [-0.2, -0.15) is 0 Å². The quantitative estimate of drug-likeness (QED) is 0.320. The maximum atomic E-state index is 5.64.